The quantitative estimate of drug-likeness (QED) is 0.761. The Morgan fingerprint density at radius 3 is 2.18 bits per heavy atom. The van der Waals surface area contributed by atoms with Gasteiger partial charge in [-0.3, -0.25) is 0 Å². The summed E-state index contributed by atoms with van der Waals surface area (Å²) in [6.45, 7) is 7.68. The van der Waals surface area contributed by atoms with Gasteiger partial charge in [0.25, 0.3) is 0 Å². The van der Waals surface area contributed by atoms with Gasteiger partial charge >= 0.3 is 0 Å². The second-order valence-electron chi connectivity index (χ2n) is 4.91. The number of aliphatic hydroxyl groups excluding tert-OH is 1. The van der Waals surface area contributed by atoms with Gasteiger partial charge in [-0.25, -0.2) is 0 Å². The predicted octanol–water partition coefficient (Wildman–Crippen LogP) is 2.75. The SMILES string of the molecule is CCc1ccc(CNC(CCO)C(C)C)cc1. The van der Waals surface area contributed by atoms with E-state index in [1.807, 2.05) is 0 Å². The Kier molecular flexibility index (Phi) is 6.23. The predicted molar refractivity (Wildman–Crippen MR) is 73.0 cm³/mol. The lowest BCUT2D eigenvalue weighted by atomic mass is 10.0. The smallest absolute Gasteiger partial charge is 0.0445 e. The van der Waals surface area contributed by atoms with Crippen molar-refractivity contribution >= 4 is 0 Å². The third-order valence-corrected chi connectivity index (χ3v) is 3.24. The molecule has 17 heavy (non-hydrogen) atoms. The molecule has 0 aliphatic carbocycles. The Bertz CT molecular complexity index is 305. The summed E-state index contributed by atoms with van der Waals surface area (Å²) in [5.74, 6) is 0.553. The number of rotatable bonds is 7. The molecule has 2 heteroatoms. The second kappa shape index (κ2) is 7.46. The van der Waals surface area contributed by atoms with Crippen molar-refractivity contribution in [2.45, 2.75) is 46.2 Å². The number of hydrogen-bond acceptors (Lipinski definition) is 2. The molecule has 0 aliphatic rings. The molecular weight excluding hydrogens is 210 g/mol. The van der Waals surface area contributed by atoms with E-state index in [2.05, 4.69) is 50.4 Å². The highest BCUT2D eigenvalue weighted by atomic mass is 16.3. The zero-order valence-electron chi connectivity index (χ0n) is 11.2. The fourth-order valence-electron chi connectivity index (χ4n) is 1.95. The summed E-state index contributed by atoms with van der Waals surface area (Å²) in [6.07, 6.45) is 1.91. The average Bonchev–Trinajstić information content (AvgIpc) is 2.34. The van der Waals surface area contributed by atoms with E-state index in [0.29, 0.717) is 12.0 Å². The summed E-state index contributed by atoms with van der Waals surface area (Å²) in [4.78, 5) is 0. The number of nitrogens with one attached hydrogen (secondary N) is 1. The summed E-state index contributed by atoms with van der Waals surface area (Å²) >= 11 is 0. The Balaban J connectivity index is 2.47. The monoisotopic (exact) mass is 235 g/mol. The summed E-state index contributed by atoms with van der Waals surface area (Å²) in [7, 11) is 0. The Labute approximate surface area is 105 Å². The van der Waals surface area contributed by atoms with E-state index < -0.39 is 0 Å². The molecule has 2 N–H and O–H groups in total. The first-order chi connectivity index (χ1) is 8.17. The third kappa shape index (κ3) is 4.88. The number of hydrogen-bond donors (Lipinski definition) is 2. The highest BCUT2D eigenvalue weighted by molar-refractivity contribution is 5.22. The maximum Gasteiger partial charge on any atom is 0.0445 e. The van der Waals surface area contributed by atoms with Gasteiger partial charge in [-0.15, -0.1) is 0 Å². The van der Waals surface area contributed by atoms with Gasteiger partial charge in [0.15, 0.2) is 0 Å². The van der Waals surface area contributed by atoms with Crippen LogP contribution < -0.4 is 5.32 Å². The largest absolute Gasteiger partial charge is 0.396 e. The minimum atomic E-state index is 0.255. The van der Waals surface area contributed by atoms with Crippen LogP contribution in [0.25, 0.3) is 0 Å². The summed E-state index contributed by atoms with van der Waals surface area (Å²) in [6, 6.07) is 9.14. The normalized spacial score (nSPS) is 13.0. The van der Waals surface area contributed by atoms with Crippen molar-refractivity contribution in [1.82, 2.24) is 5.32 Å². The van der Waals surface area contributed by atoms with Crippen molar-refractivity contribution in [2.24, 2.45) is 5.92 Å². The molecule has 0 fully saturated rings. The Morgan fingerprint density at radius 2 is 1.71 bits per heavy atom. The molecule has 0 amide bonds. The molecule has 0 spiro atoms. The third-order valence-electron chi connectivity index (χ3n) is 3.24. The fourth-order valence-corrected chi connectivity index (χ4v) is 1.95. The van der Waals surface area contributed by atoms with Crippen LogP contribution in [0.1, 0.15) is 38.3 Å². The van der Waals surface area contributed by atoms with Crippen LogP contribution in [0.3, 0.4) is 0 Å². The van der Waals surface area contributed by atoms with Crippen LogP contribution in [-0.4, -0.2) is 17.8 Å². The van der Waals surface area contributed by atoms with Crippen LogP contribution in [0.2, 0.25) is 0 Å². The fraction of sp³-hybridized carbons (Fsp3) is 0.600. The van der Waals surface area contributed by atoms with E-state index >= 15 is 0 Å². The average molecular weight is 235 g/mol. The first-order valence-corrected chi connectivity index (χ1v) is 6.59. The Hall–Kier alpha value is -0.860. The van der Waals surface area contributed by atoms with E-state index in [1.165, 1.54) is 11.1 Å². The zero-order valence-corrected chi connectivity index (χ0v) is 11.2. The highest BCUT2D eigenvalue weighted by Gasteiger charge is 2.11. The van der Waals surface area contributed by atoms with E-state index in [1.54, 1.807) is 0 Å². The van der Waals surface area contributed by atoms with Crippen molar-refractivity contribution in [3.8, 4) is 0 Å². The van der Waals surface area contributed by atoms with Crippen molar-refractivity contribution in [3.63, 3.8) is 0 Å². The van der Waals surface area contributed by atoms with Gasteiger partial charge in [0.1, 0.15) is 0 Å². The summed E-state index contributed by atoms with van der Waals surface area (Å²) < 4.78 is 0. The maximum absolute atomic E-state index is 9.01. The van der Waals surface area contributed by atoms with E-state index in [0.717, 1.165) is 19.4 Å². The molecule has 0 aliphatic heterocycles. The maximum atomic E-state index is 9.01. The van der Waals surface area contributed by atoms with E-state index in [-0.39, 0.29) is 6.61 Å². The van der Waals surface area contributed by atoms with Gasteiger partial charge in [0, 0.05) is 19.2 Å². The first-order valence-electron chi connectivity index (χ1n) is 6.59. The van der Waals surface area contributed by atoms with Gasteiger partial charge < -0.3 is 10.4 Å². The standard InChI is InChI=1S/C15H25NO/c1-4-13-5-7-14(8-6-13)11-16-15(9-10-17)12(2)3/h5-8,12,15-17H,4,9-11H2,1-3H3. The van der Waals surface area contributed by atoms with Crippen molar-refractivity contribution in [1.29, 1.82) is 0 Å². The van der Waals surface area contributed by atoms with Gasteiger partial charge in [-0.05, 0) is 29.9 Å². The second-order valence-corrected chi connectivity index (χ2v) is 4.91. The molecule has 1 atom stereocenters. The van der Waals surface area contributed by atoms with Crippen molar-refractivity contribution < 1.29 is 5.11 Å². The van der Waals surface area contributed by atoms with Crippen LogP contribution in [-0.2, 0) is 13.0 Å². The lowest BCUT2D eigenvalue weighted by molar-refractivity contribution is 0.244. The summed E-state index contributed by atoms with van der Waals surface area (Å²) in [5.41, 5.74) is 2.69. The molecule has 1 rings (SSSR count). The van der Waals surface area contributed by atoms with Crippen LogP contribution in [0.15, 0.2) is 24.3 Å². The number of benzene rings is 1. The minimum absolute atomic E-state index is 0.255. The van der Waals surface area contributed by atoms with E-state index in [9.17, 15) is 0 Å². The van der Waals surface area contributed by atoms with Gasteiger partial charge in [-0.1, -0.05) is 45.0 Å². The van der Waals surface area contributed by atoms with Gasteiger partial charge in [0.05, 0.1) is 0 Å². The molecule has 1 aromatic carbocycles. The molecule has 0 radical (unpaired) electrons. The highest BCUT2D eigenvalue weighted by Crippen LogP contribution is 2.09. The molecule has 0 saturated heterocycles. The zero-order chi connectivity index (χ0) is 12.7. The molecule has 2 nitrogen and oxygen atoms in total. The molecule has 1 unspecified atom stereocenters. The molecule has 0 aromatic heterocycles. The van der Waals surface area contributed by atoms with Crippen molar-refractivity contribution in [2.75, 3.05) is 6.61 Å². The number of aryl methyl sites for hydroxylation is 1. The van der Waals surface area contributed by atoms with E-state index in [4.69, 9.17) is 5.11 Å². The topological polar surface area (TPSA) is 32.3 Å². The van der Waals surface area contributed by atoms with Crippen molar-refractivity contribution in [3.05, 3.63) is 35.4 Å². The van der Waals surface area contributed by atoms with Gasteiger partial charge in [0.2, 0.25) is 0 Å². The summed E-state index contributed by atoms with van der Waals surface area (Å²) in [5, 5.41) is 12.5. The molecule has 0 bridgehead atoms. The van der Waals surface area contributed by atoms with Crippen LogP contribution in [0.5, 0.6) is 0 Å². The van der Waals surface area contributed by atoms with Crippen LogP contribution >= 0.6 is 0 Å². The van der Waals surface area contributed by atoms with Crippen LogP contribution in [0.4, 0.5) is 0 Å². The molecule has 0 saturated carbocycles. The molecule has 0 heterocycles. The lowest BCUT2D eigenvalue weighted by Gasteiger charge is -2.21. The lowest BCUT2D eigenvalue weighted by Crippen LogP contribution is -2.34. The first kappa shape index (κ1) is 14.2. The minimum Gasteiger partial charge on any atom is -0.396 e. The molecular formula is C15H25NO. The molecule has 1 aromatic rings. The Morgan fingerprint density at radius 1 is 1.12 bits per heavy atom. The van der Waals surface area contributed by atoms with Crippen LogP contribution in [0, 0.1) is 5.92 Å². The number of aliphatic hydroxyl groups is 1. The van der Waals surface area contributed by atoms with Gasteiger partial charge in [-0.2, -0.15) is 0 Å². The molecule has 96 valence electrons.